The molecule has 0 saturated carbocycles. The Balaban J connectivity index is 2.19. The van der Waals surface area contributed by atoms with Crippen molar-refractivity contribution in [2.45, 2.75) is 13.5 Å². The molecule has 0 aliphatic rings. The maximum atomic E-state index is 11.0. The molecule has 0 atom stereocenters. The number of nitrogens with one attached hydrogen (secondary N) is 1. The van der Waals surface area contributed by atoms with E-state index in [-0.39, 0.29) is 0 Å². The summed E-state index contributed by atoms with van der Waals surface area (Å²) in [6, 6.07) is 12.2. The highest BCUT2D eigenvalue weighted by Crippen LogP contribution is 2.28. The molecule has 0 aromatic heterocycles. The molecule has 0 aliphatic heterocycles. The number of halogens is 1. The van der Waals surface area contributed by atoms with Crippen LogP contribution in [-0.2, 0) is 6.54 Å². The summed E-state index contributed by atoms with van der Waals surface area (Å²) in [7, 11) is 0. The molecule has 0 aliphatic carbocycles. The predicted molar refractivity (Wildman–Crippen MR) is 83.9 cm³/mol. The van der Waals surface area contributed by atoms with E-state index in [4.69, 9.17) is 22.1 Å². The number of carbonyl (C=O) groups excluding carboxylic acids is 1. The van der Waals surface area contributed by atoms with E-state index in [1.165, 1.54) is 0 Å². The van der Waals surface area contributed by atoms with Gasteiger partial charge < -0.3 is 15.8 Å². The standard InChI is InChI=1S/C16H17ClN2O2/c1-2-19-10-12-9-13(17)5-8-15(12)21-14-6-3-11(4-7-14)16(18)20/h3-9,19H,2,10H2,1H3,(H2,18,20). The molecule has 0 fully saturated rings. The SMILES string of the molecule is CCNCc1cc(Cl)ccc1Oc1ccc(C(N)=O)cc1. The Labute approximate surface area is 128 Å². The van der Waals surface area contributed by atoms with Crippen LogP contribution in [0.2, 0.25) is 5.02 Å². The number of primary amides is 1. The maximum absolute atomic E-state index is 11.0. The average molecular weight is 305 g/mol. The molecule has 0 spiro atoms. The Hall–Kier alpha value is -2.04. The van der Waals surface area contributed by atoms with Crippen molar-refractivity contribution in [1.82, 2.24) is 5.32 Å². The van der Waals surface area contributed by atoms with E-state index >= 15 is 0 Å². The second-order valence-electron chi connectivity index (χ2n) is 4.52. The number of rotatable bonds is 6. The molecule has 1 amide bonds. The molecule has 0 heterocycles. The van der Waals surface area contributed by atoms with Crippen LogP contribution in [-0.4, -0.2) is 12.5 Å². The molecule has 5 heteroatoms. The molecule has 0 radical (unpaired) electrons. The van der Waals surface area contributed by atoms with Gasteiger partial charge in [-0.3, -0.25) is 4.79 Å². The maximum Gasteiger partial charge on any atom is 0.248 e. The number of carbonyl (C=O) groups is 1. The normalized spacial score (nSPS) is 10.4. The van der Waals surface area contributed by atoms with Gasteiger partial charge in [0.1, 0.15) is 11.5 Å². The molecule has 2 rings (SSSR count). The Morgan fingerprint density at radius 1 is 1.24 bits per heavy atom. The van der Waals surface area contributed by atoms with Gasteiger partial charge in [0.2, 0.25) is 5.91 Å². The van der Waals surface area contributed by atoms with Crippen LogP contribution in [0.5, 0.6) is 11.5 Å². The van der Waals surface area contributed by atoms with Crippen LogP contribution in [0.1, 0.15) is 22.8 Å². The van der Waals surface area contributed by atoms with Gasteiger partial charge in [0.15, 0.2) is 0 Å². The third kappa shape index (κ3) is 4.21. The van der Waals surface area contributed by atoms with Gasteiger partial charge in [0, 0.05) is 22.7 Å². The van der Waals surface area contributed by atoms with Gasteiger partial charge in [-0.2, -0.15) is 0 Å². The lowest BCUT2D eigenvalue weighted by Gasteiger charge is -2.12. The number of amides is 1. The molecule has 2 aromatic rings. The molecule has 0 saturated heterocycles. The van der Waals surface area contributed by atoms with E-state index in [0.29, 0.717) is 22.9 Å². The largest absolute Gasteiger partial charge is 0.457 e. The van der Waals surface area contributed by atoms with Crippen molar-refractivity contribution in [3.63, 3.8) is 0 Å². The Morgan fingerprint density at radius 3 is 2.57 bits per heavy atom. The Morgan fingerprint density at radius 2 is 1.95 bits per heavy atom. The summed E-state index contributed by atoms with van der Waals surface area (Å²) < 4.78 is 5.85. The Bertz CT molecular complexity index is 627. The van der Waals surface area contributed by atoms with Crippen molar-refractivity contribution in [2.24, 2.45) is 5.73 Å². The number of ether oxygens (including phenoxy) is 1. The van der Waals surface area contributed by atoms with Crippen LogP contribution in [0.25, 0.3) is 0 Å². The fourth-order valence-corrected chi connectivity index (χ4v) is 2.05. The second-order valence-corrected chi connectivity index (χ2v) is 4.96. The molecule has 4 nitrogen and oxygen atoms in total. The monoisotopic (exact) mass is 304 g/mol. The molecule has 2 aromatic carbocycles. The molecule has 21 heavy (non-hydrogen) atoms. The highest BCUT2D eigenvalue weighted by Gasteiger charge is 2.07. The van der Waals surface area contributed by atoms with Crippen molar-refractivity contribution in [2.75, 3.05) is 6.54 Å². The topological polar surface area (TPSA) is 64.3 Å². The molecular formula is C16H17ClN2O2. The smallest absolute Gasteiger partial charge is 0.248 e. The van der Waals surface area contributed by atoms with Crippen LogP contribution < -0.4 is 15.8 Å². The lowest BCUT2D eigenvalue weighted by atomic mass is 10.2. The number of hydrogen-bond donors (Lipinski definition) is 2. The Kier molecular flexibility index (Phi) is 5.20. The minimum Gasteiger partial charge on any atom is -0.457 e. The van der Waals surface area contributed by atoms with Gasteiger partial charge in [0.05, 0.1) is 0 Å². The molecule has 0 unspecified atom stereocenters. The summed E-state index contributed by atoms with van der Waals surface area (Å²) in [6.07, 6.45) is 0. The van der Waals surface area contributed by atoms with Gasteiger partial charge in [0.25, 0.3) is 0 Å². The summed E-state index contributed by atoms with van der Waals surface area (Å²) in [5.41, 5.74) is 6.63. The van der Waals surface area contributed by atoms with Crippen molar-refractivity contribution < 1.29 is 9.53 Å². The molecular weight excluding hydrogens is 288 g/mol. The highest BCUT2D eigenvalue weighted by molar-refractivity contribution is 6.30. The third-order valence-electron chi connectivity index (χ3n) is 2.95. The summed E-state index contributed by atoms with van der Waals surface area (Å²) in [5.74, 6) is 0.910. The summed E-state index contributed by atoms with van der Waals surface area (Å²) in [5, 5.41) is 3.91. The first-order valence-corrected chi connectivity index (χ1v) is 7.05. The highest BCUT2D eigenvalue weighted by atomic mass is 35.5. The molecule has 3 N–H and O–H groups in total. The van der Waals surface area contributed by atoms with E-state index in [1.807, 2.05) is 19.1 Å². The molecule has 110 valence electrons. The number of benzene rings is 2. The lowest BCUT2D eigenvalue weighted by molar-refractivity contribution is 0.100. The van der Waals surface area contributed by atoms with Gasteiger partial charge in [-0.05, 0) is 49.0 Å². The van der Waals surface area contributed by atoms with Gasteiger partial charge >= 0.3 is 0 Å². The van der Waals surface area contributed by atoms with E-state index < -0.39 is 5.91 Å². The first-order chi connectivity index (χ1) is 10.1. The van der Waals surface area contributed by atoms with Crippen LogP contribution in [0.3, 0.4) is 0 Å². The number of hydrogen-bond acceptors (Lipinski definition) is 3. The first-order valence-electron chi connectivity index (χ1n) is 6.67. The van der Waals surface area contributed by atoms with Gasteiger partial charge in [-0.25, -0.2) is 0 Å². The zero-order valence-corrected chi connectivity index (χ0v) is 12.5. The van der Waals surface area contributed by atoms with Crippen LogP contribution in [0, 0.1) is 0 Å². The predicted octanol–water partition coefficient (Wildman–Crippen LogP) is 3.34. The quantitative estimate of drug-likeness (QED) is 0.860. The summed E-state index contributed by atoms with van der Waals surface area (Å²) in [4.78, 5) is 11.0. The van der Waals surface area contributed by atoms with Crippen molar-refractivity contribution in [3.05, 3.63) is 58.6 Å². The van der Waals surface area contributed by atoms with Gasteiger partial charge in [-0.1, -0.05) is 18.5 Å². The van der Waals surface area contributed by atoms with Crippen molar-refractivity contribution >= 4 is 17.5 Å². The van der Waals surface area contributed by atoms with Crippen LogP contribution in [0.4, 0.5) is 0 Å². The van der Waals surface area contributed by atoms with Crippen LogP contribution >= 0.6 is 11.6 Å². The van der Waals surface area contributed by atoms with Crippen molar-refractivity contribution in [3.8, 4) is 11.5 Å². The summed E-state index contributed by atoms with van der Waals surface area (Å²) in [6.45, 7) is 3.57. The number of nitrogens with two attached hydrogens (primary N) is 1. The second kappa shape index (κ2) is 7.11. The third-order valence-corrected chi connectivity index (χ3v) is 3.19. The van der Waals surface area contributed by atoms with E-state index in [2.05, 4.69) is 5.32 Å². The lowest BCUT2D eigenvalue weighted by Crippen LogP contribution is -2.12. The average Bonchev–Trinajstić information content (AvgIpc) is 2.48. The zero-order chi connectivity index (χ0) is 15.2. The van der Waals surface area contributed by atoms with E-state index in [1.54, 1.807) is 30.3 Å². The molecule has 0 bridgehead atoms. The van der Waals surface area contributed by atoms with Gasteiger partial charge in [-0.15, -0.1) is 0 Å². The summed E-state index contributed by atoms with van der Waals surface area (Å²) >= 11 is 6.02. The van der Waals surface area contributed by atoms with E-state index in [0.717, 1.165) is 17.9 Å². The van der Waals surface area contributed by atoms with E-state index in [9.17, 15) is 4.79 Å². The van der Waals surface area contributed by atoms with Crippen LogP contribution in [0.15, 0.2) is 42.5 Å². The first kappa shape index (κ1) is 15.4. The minimum atomic E-state index is -0.458. The van der Waals surface area contributed by atoms with Crippen molar-refractivity contribution in [1.29, 1.82) is 0 Å². The fourth-order valence-electron chi connectivity index (χ4n) is 1.86. The zero-order valence-electron chi connectivity index (χ0n) is 11.7. The minimum absolute atomic E-state index is 0.450. The fraction of sp³-hybridized carbons (Fsp3) is 0.188.